The van der Waals surface area contributed by atoms with Crippen molar-refractivity contribution in [3.8, 4) is 0 Å². The van der Waals surface area contributed by atoms with Crippen LogP contribution >= 0.6 is 0 Å². The first kappa shape index (κ1) is 15.7. The number of hydrogen-bond donors (Lipinski definition) is 2. The van der Waals surface area contributed by atoms with Crippen LogP contribution in [0.3, 0.4) is 0 Å². The molecule has 0 spiro atoms. The standard InChI is InChI=1S/C16H26N2O/c1-11-6-7-14(13(3)12(11)2)10-18-15(19)16(4,5)8-9-17/h6-7H,8-10,17H2,1-5H3,(H,18,19). The molecule has 0 aliphatic heterocycles. The number of hydrogen-bond acceptors (Lipinski definition) is 2. The summed E-state index contributed by atoms with van der Waals surface area (Å²) in [5, 5.41) is 3.02. The fraction of sp³-hybridized carbons (Fsp3) is 0.562. The van der Waals surface area contributed by atoms with Crippen molar-refractivity contribution in [1.29, 1.82) is 0 Å². The molecule has 0 saturated carbocycles. The molecule has 0 aliphatic carbocycles. The first-order chi connectivity index (χ1) is 8.79. The summed E-state index contributed by atoms with van der Waals surface area (Å²) >= 11 is 0. The van der Waals surface area contributed by atoms with Crippen LogP contribution in [0, 0.1) is 26.2 Å². The van der Waals surface area contributed by atoms with Gasteiger partial charge in [-0.05, 0) is 56.0 Å². The molecule has 0 saturated heterocycles. The SMILES string of the molecule is Cc1ccc(CNC(=O)C(C)(C)CCN)c(C)c1C. The normalized spacial score (nSPS) is 11.5. The minimum atomic E-state index is -0.400. The number of carbonyl (C=O) groups excluding carboxylic acids is 1. The van der Waals surface area contributed by atoms with Gasteiger partial charge in [0, 0.05) is 12.0 Å². The van der Waals surface area contributed by atoms with Crippen LogP contribution < -0.4 is 11.1 Å². The third kappa shape index (κ3) is 3.80. The summed E-state index contributed by atoms with van der Waals surface area (Å²) in [5.74, 6) is 0.0654. The van der Waals surface area contributed by atoms with Gasteiger partial charge in [-0.15, -0.1) is 0 Å². The van der Waals surface area contributed by atoms with Crippen molar-refractivity contribution in [3.63, 3.8) is 0 Å². The van der Waals surface area contributed by atoms with E-state index < -0.39 is 5.41 Å². The van der Waals surface area contributed by atoms with E-state index in [-0.39, 0.29) is 5.91 Å². The maximum atomic E-state index is 12.1. The highest BCUT2D eigenvalue weighted by atomic mass is 16.2. The molecule has 0 aliphatic rings. The lowest BCUT2D eigenvalue weighted by Crippen LogP contribution is -2.38. The summed E-state index contributed by atoms with van der Waals surface area (Å²) in [6, 6.07) is 4.20. The van der Waals surface area contributed by atoms with Crippen LogP contribution in [0.1, 0.15) is 42.5 Å². The Labute approximate surface area is 116 Å². The second-order valence-corrected chi connectivity index (χ2v) is 5.90. The molecule has 3 N–H and O–H groups in total. The average Bonchev–Trinajstić information content (AvgIpc) is 2.34. The summed E-state index contributed by atoms with van der Waals surface area (Å²) in [5.41, 5.74) is 10.2. The molecule has 1 aromatic rings. The molecule has 0 atom stereocenters. The largest absolute Gasteiger partial charge is 0.352 e. The summed E-state index contributed by atoms with van der Waals surface area (Å²) in [7, 11) is 0. The predicted molar refractivity (Wildman–Crippen MR) is 80.0 cm³/mol. The Hall–Kier alpha value is -1.35. The van der Waals surface area contributed by atoms with Crippen molar-refractivity contribution in [2.75, 3.05) is 6.54 Å². The van der Waals surface area contributed by atoms with Gasteiger partial charge in [-0.2, -0.15) is 0 Å². The molecule has 106 valence electrons. The third-order valence-electron chi connectivity index (χ3n) is 3.99. The van der Waals surface area contributed by atoms with Crippen molar-refractivity contribution in [2.24, 2.45) is 11.1 Å². The molecular formula is C16H26N2O. The van der Waals surface area contributed by atoms with E-state index in [4.69, 9.17) is 5.73 Å². The first-order valence-electron chi connectivity index (χ1n) is 6.83. The average molecular weight is 262 g/mol. The van der Waals surface area contributed by atoms with Gasteiger partial charge in [0.15, 0.2) is 0 Å². The molecule has 0 bridgehead atoms. The van der Waals surface area contributed by atoms with Gasteiger partial charge >= 0.3 is 0 Å². The molecule has 0 aromatic heterocycles. The zero-order valence-electron chi connectivity index (χ0n) is 12.8. The highest BCUT2D eigenvalue weighted by molar-refractivity contribution is 5.81. The monoisotopic (exact) mass is 262 g/mol. The second-order valence-electron chi connectivity index (χ2n) is 5.90. The number of carbonyl (C=O) groups is 1. The molecule has 1 aromatic carbocycles. The lowest BCUT2D eigenvalue weighted by atomic mass is 9.88. The third-order valence-corrected chi connectivity index (χ3v) is 3.99. The van der Waals surface area contributed by atoms with Crippen molar-refractivity contribution >= 4 is 5.91 Å². The minimum Gasteiger partial charge on any atom is -0.352 e. The topological polar surface area (TPSA) is 55.1 Å². The van der Waals surface area contributed by atoms with Crippen LogP contribution in [0.2, 0.25) is 0 Å². The summed E-state index contributed by atoms with van der Waals surface area (Å²) in [4.78, 5) is 12.1. The van der Waals surface area contributed by atoms with E-state index >= 15 is 0 Å². The van der Waals surface area contributed by atoms with Gasteiger partial charge in [0.2, 0.25) is 5.91 Å². The molecule has 19 heavy (non-hydrogen) atoms. The van der Waals surface area contributed by atoms with E-state index in [0.717, 1.165) is 0 Å². The fourth-order valence-corrected chi connectivity index (χ4v) is 2.09. The lowest BCUT2D eigenvalue weighted by molar-refractivity contribution is -0.129. The van der Waals surface area contributed by atoms with Crippen LogP contribution in [0.25, 0.3) is 0 Å². The number of amides is 1. The molecule has 3 heteroatoms. The van der Waals surface area contributed by atoms with E-state index in [2.05, 4.69) is 38.2 Å². The zero-order chi connectivity index (χ0) is 14.6. The molecule has 1 rings (SSSR count). The van der Waals surface area contributed by atoms with Crippen LogP contribution in [0.15, 0.2) is 12.1 Å². The van der Waals surface area contributed by atoms with Crippen molar-refractivity contribution in [1.82, 2.24) is 5.32 Å². The van der Waals surface area contributed by atoms with E-state index in [0.29, 0.717) is 19.5 Å². The van der Waals surface area contributed by atoms with Crippen LogP contribution in [0.4, 0.5) is 0 Å². The van der Waals surface area contributed by atoms with Gasteiger partial charge in [-0.1, -0.05) is 26.0 Å². The van der Waals surface area contributed by atoms with E-state index in [9.17, 15) is 4.79 Å². The molecule has 3 nitrogen and oxygen atoms in total. The van der Waals surface area contributed by atoms with Gasteiger partial charge in [0.05, 0.1) is 0 Å². The van der Waals surface area contributed by atoms with Crippen LogP contribution in [-0.2, 0) is 11.3 Å². The summed E-state index contributed by atoms with van der Waals surface area (Å²) < 4.78 is 0. The van der Waals surface area contributed by atoms with E-state index in [1.54, 1.807) is 0 Å². The van der Waals surface area contributed by atoms with Gasteiger partial charge in [0.1, 0.15) is 0 Å². The van der Waals surface area contributed by atoms with Crippen molar-refractivity contribution in [3.05, 3.63) is 34.4 Å². The Balaban J connectivity index is 2.73. The molecule has 0 unspecified atom stereocenters. The number of aryl methyl sites for hydroxylation is 1. The van der Waals surface area contributed by atoms with Gasteiger partial charge in [-0.25, -0.2) is 0 Å². The molecule has 0 heterocycles. The predicted octanol–water partition coefficient (Wildman–Crippen LogP) is 2.60. The molecule has 0 radical (unpaired) electrons. The Morgan fingerprint density at radius 3 is 2.42 bits per heavy atom. The van der Waals surface area contributed by atoms with E-state index in [1.165, 1.54) is 22.3 Å². The number of nitrogens with two attached hydrogens (primary N) is 1. The zero-order valence-corrected chi connectivity index (χ0v) is 12.8. The summed E-state index contributed by atoms with van der Waals surface area (Å²) in [6.45, 7) is 11.3. The number of rotatable bonds is 5. The minimum absolute atomic E-state index is 0.0654. The lowest BCUT2D eigenvalue weighted by Gasteiger charge is -2.23. The Bertz CT molecular complexity index is 464. The van der Waals surface area contributed by atoms with Gasteiger partial charge in [-0.3, -0.25) is 4.79 Å². The number of benzene rings is 1. The summed E-state index contributed by atoms with van der Waals surface area (Å²) in [6.07, 6.45) is 0.699. The van der Waals surface area contributed by atoms with Gasteiger partial charge in [0.25, 0.3) is 0 Å². The van der Waals surface area contributed by atoms with Crippen LogP contribution in [-0.4, -0.2) is 12.5 Å². The van der Waals surface area contributed by atoms with Crippen molar-refractivity contribution in [2.45, 2.75) is 47.6 Å². The van der Waals surface area contributed by atoms with Gasteiger partial charge < -0.3 is 11.1 Å². The smallest absolute Gasteiger partial charge is 0.225 e. The Morgan fingerprint density at radius 1 is 1.21 bits per heavy atom. The van der Waals surface area contributed by atoms with Crippen molar-refractivity contribution < 1.29 is 4.79 Å². The fourth-order valence-electron chi connectivity index (χ4n) is 2.09. The second kappa shape index (κ2) is 6.20. The Kier molecular flexibility index (Phi) is 5.12. The molecule has 0 fully saturated rings. The quantitative estimate of drug-likeness (QED) is 0.857. The Morgan fingerprint density at radius 2 is 1.84 bits per heavy atom. The van der Waals surface area contributed by atoms with Crippen LogP contribution in [0.5, 0.6) is 0 Å². The highest BCUT2D eigenvalue weighted by Gasteiger charge is 2.26. The molecular weight excluding hydrogens is 236 g/mol. The maximum Gasteiger partial charge on any atom is 0.225 e. The molecule has 1 amide bonds. The first-order valence-corrected chi connectivity index (χ1v) is 6.83. The highest BCUT2D eigenvalue weighted by Crippen LogP contribution is 2.21. The number of nitrogens with one attached hydrogen (secondary N) is 1. The van der Waals surface area contributed by atoms with E-state index in [1.807, 2.05) is 13.8 Å². The maximum absolute atomic E-state index is 12.1.